The average molecular weight is 217 g/mol. The van der Waals surface area contributed by atoms with Gasteiger partial charge in [0.05, 0.1) is 0 Å². The first-order valence-electron chi connectivity index (χ1n) is 5.01. The van der Waals surface area contributed by atoms with E-state index in [1.54, 1.807) is 6.07 Å². The van der Waals surface area contributed by atoms with Gasteiger partial charge in [-0.15, -0.1) is 0 Å². The number of aryl methyl sites for hydroxylation is 2. The molecule has 16 heavy (non-hydrogen) atoms. The molecule has 0 atom stereocenters. The molecule has 0 radical (unpaired) electrons. The van der Waals surface area contributed by atoms with E-state index < -0.39 is 5.95 Å². The lowest BCUT2D eigenvalue weighted by atomic mass is 10.1. The van der Waals surface area contributed by atoms with E-state index in [-0.39, 0.29) is 0 Å². The van der Waals surface area contributed by atoms with E-state index >= 15 is 0 Å². The van der Waals surface area contributed by atoms with Gasteiger partial charge in [-0.05, 0) is 43.2 Å². The van der Waals surface area contributed by atoms with Gasteiger partial charge in [0.25, 0.3) is 0 Å². The number of benzene rings is 1. The summed E-state index contributed by atoms with van der Waals surface area (Å²) < 4.78 is 18.4. The molecule has 1 aromatic heterocycles. The summed E-state index contributed by atoms with van der Waals surface area (Å²) in [6.45, 7) is 3.99. The highest BCUT2D eigenvalue weighted by atomic mass is 19.1. The van der Waals surface area contributed by atoms with Crippen molar-refractivity contribution in [2.24, 2.45) is 0 Å². The Kier molecular flexibility index (Phi) is 2.86. The van der Waals surface area contributed by atoms with Gasteiger partial charge in [-0.25, -0.2) is 4.98 Å². The number of hydrogen-bond donors (Lipinski definition) is 0. The van der Waals surface area contributed by atoms with Gasteiger partial charge < -0.3 is 4.74 Å². The summed E-state index contributed by atoms with van der Waals surface area (Å²) in [6.07, 6.45) is 1.38. The molecule has 2 rings (SSSR count). The number of rotatable bonds is 2. The van der Waals surface area contributed by atoms with Crippen LogP contribution >= 0.6 is 0 Å². The molecule has 0 saturated carbocycles. The van der Waals surface area contributed by atoms with Crippen LogP contribution in [-0.2, 0) is 0 Å². The van der Waals surface area contributed by atoms with Crippen molar-refractivity contribution in [1.82, 2.24) is 4.98 Å². The smallest absolute Gasteiger partial charge is 0.216 e. The molecule has 3 heteroatoms. The van der Waals surface area contributed by atoms with Crippen molar-refractivity contribution < 1.29 is 9.13 Å². The van der Waals surface area contributed by atoms with Gasteiger partial charge in [-0.2, -0.15) is 4.39 Å². The van der Waals surface area contributed by atoms with E-state index in [0.717, 1.165) is 11.1 Å². The van der Waals surface area contributed by atoms with Gasteiger partial charge in [0.2, 0.25) is 5.95 Å². The van der Waals surface area contributed by atoms with Crippen LogP contribution in [0.4, 0.5) is 4.39 Å². The molecule has 0 N–H and O–H groups in total. The Labute approximate surface area is 93.7 Å². The minimum atomic E-state index is -0.540. The number of hydrogen-bond acceptors (Lipinski definition) is 2. The monoisotopic (exact) mass is 217 g/mol. The van der Waals surface area contributed by atoms with E-state index in [9.17, 15) is 4.39 Å². The molecular weight excluding hydrogens is 205 g/mol. The summed E-state index contributed by atoms with van der Waals surface area (Å²) in [6, 6.07) is 8.76. The van der Waals surface area contributed by atoms with E-state index in [1.807, 2.05) is 26.0 Å². The van der Waals surface area contributed by atoms with Crippen molar-refractivity contribution in [1.29, 1.82) is 0 Å². The topological polar surface area (TPSA) is 22.1 Å². The Balaban J connectivity index is 2.27. The van der Waals surface area contributed by atoms with Crippen molar-refractivity contribution >= 4 is 0 Å². The first-order chi connectivity index (χ1) is 7.63. The summed E-state index contributed by atoms with van der Waals surface area (Å²) in [7, 11) is 0. The molecule has 1 heterocycles. The predicted octanol–water partition coefficient (Wildman–Crippen LogP) is 3.63. The summed E-state index contributed by atoms with van der Waals surface area (Å²) >= 11 is 0. The number of halogens is 1. The Bertz CT molecular complexity index is 491. The Morgan fingerprint density at radius 1 is 1.00 bits per heavy atom. The standard InChI is InChI=1S/C13H12FNO/c1-9-5-10(2)7-12(6-9)16-11-3-4-15-13(14)8-11/h3-8H,1-2H3. The van der Waals surface area contributed by atoms with E-state index in [2.05, 4.69) is 11.1 Å². The molecule has 0 aliphatic heterocycles. The fourth-order valence-corrected chi connectivity index (χ4v) is 1.58. The fraction of sp³-hybridized carbons (Fsp3) is 0.154. The molecule has 0 unspecified atom stereocenters. The first kappa shape index (κ1) is 10.6. The summed E-state index contributed by atoms with van der Waals surface area (Å²) in [4.78, 5) is 3.47. The van der Waals surface area contributed by atoms with Gasteiger partial charge in [-0.1, -0.05) is 6.07 Å². The van der Waals surface area contributed by atoms with Crippen LogP contribution < -0.4 is 4.74 Å². The van der Waals surface area contributed by atoms with Crippen molar-refractivity contribution in [3.63, 3.8) is 0 Å². The third-order valence-electron chi connectivity index (χ3n) is 2.13. The van der Waals surface area contributed by atoms with Crippen LogP contribution in [0.3, 0.4) is 0 Å². The second kappa shape index (κ2) is 4.31. The van der Waals surface area contributed by atoms with Crippen LogP contribution in [0.25, 0.3) is 0 Å². The molecular formula is C13H12FNO. The molecule has 0 saturated heterocycles. The Hall–Kier alpha value is -1.90. The second-order valence-electron chi connectivity index (χ2n) is 3.74. The van der Waals surface area contributed by atoms with Crippen LogP contribution in [0.15, 0.2) is 36.5 Å². The third kappa shape index (κ3) is 2.57. The van der Waals surface area contributed by atoms with Crippen molar-refractivity contribution in [3.05, 3.63) is 53.6 Å². The maximum absolute atomic E-state index is 12.8. The molecule has 2 aromatic rings. The van der Waals surface area contributed by atoms with Gasteiger partial charge in [0.15, 0.2) is 0 Å². The van der Waals surface area contributed by atoms with E-state index in [0.29, 0.717) is 11.5 Å². The zero-order chi connectivity index (χ0) is 11.5. The van der Waals surface area contributed by atoms with Crippen LogP contribution in [0.5, 0.6) is 11.5 Å². The van der Waals surface area contributed by atoms with Gasteiger partial charge >= 0.3 is 0 Å². The highest BCUT2D eigenvalue weighted by Gasteiger charge is 2.00. The fourth-order valence-electron chi connectivity index (χ4n) is 1.58. The summed E-state index contributed by atoms with van der Waals surface area (Å²) in [5.41, 5.74) is 2.23. The highest BCUT2D eigenvalue weighted by molar-refractivity contribution is 5.36. The minimum Gasteiger partial charge on any atom is -0.457 e. The molecule has 2 nitrogen and oxygen atoms in total. The highest BCUT2D eigenvalue weighted by Crippen LogP contribution is 2.23. The summed E-state index contributed by atoms with van der Waals surface area (Å²) in [5.74, 6) is 0.627. The van der Waals surface area contributed by atoms with Crippen molar-refractivity contribution in [3.8, 4) is 11.5 Å². The lowest BCUT2D eigenvalue weighted by Crippen LogP contribution is -1.88. The average Bonchev–Trinajstić information content (AvgIpc) is 2.15. The SMILES string of the molecule is Cc1cc(C)cc(Oc2ccnc(F)c2)c1. The second-order valence-corrected chi connectivity index (χ2v) is 3.74. The molecule has 0 aliphatic rings. The van der Waals surface area contributed by atoms with Gasteiger partial charge in [0, 0.05) is 12.3 Å². The van der Waals surface area contributed by atoms with Crippen LogP contribution in [0.2, 0.25) is 0 Å². The van der Waals surface area contributed by atoms with E-state index in [4.69, 9.17) is 4.74 Å². The molecule has 1 aromatic carbocycles. The van der Waals surface area contributed by atoms with Crippen molar-refractivity contribution in [2.45, 2.75) is 13.8 Å². The number of ether oxygens (including phenoxy) is 1. The lowest BCUT2D eigenvalue weighted by Gasteiger charge is -2.07. The largest absolute Gasteiger partial charge is 0.457 e. The van der Waals surface area contributed by atoms with Crippen LogP contribution in [-0.4, -0.2) is 4.98 Å². The molecule has 0 fully saturated rings. The molecule has 0 amide bonds. The molecule has 0 spiro atoms. The Morgan fingerprint density at radius 2 is 1.69 bits per heavy atom. The Morgan fingerprint density at radius 3 is 2.31 bits per heavy atom. The first-order valence-corrected chi connectivity index (χ1v) is 5.01. The lowest BCUT2D eigenvalue weighted by molar-refractivity contribution is 0.471. The number of aromatic nitrogens is 1. The predicted molar refractivity (Wildman–Crippen MR) is 60.2 cm³/mol. The molecule has 82 valence electrons. The minimum absolute atomic E-state index is 0.456. The maximum atomic E-state index is 12.8. The summed E-state index contributed by atoms with van der Waals surface area (Å²) in [5, 5.41) is 0. The van der Waals surface area contributed by atoms with Gasteiger partial charge in [-0.3, -0.25) is 0 Å². The molecule has 0 aliphatic carbocycles. The van der Waals surface area contributed by atoms with Gasteiger partial charge in [0.1, 0.15) is 11.5 Å². The zero-order valence-corrected chi connectivity index (χ0v) is 9.20. The third-order valence-corrected chi connectivity index (χ3v) is 2.13. The van der Waals surface area contributed by atoms with Crippen LogP contribution in [0, 0.1) is 19.8 Å². The quantitative estimate of drug-likeness (QED) is 0.716. The van der Waals surface area contributed by atoms with Crippen molar-refractivity contribution in [2.75, 3.05) is 0 Å². The normalized spacial score (nSPS) is 10.2. The maximum Gasteiger partial charge on any atom is 0.216 e. The van der Waals surface area contributed by atoms with Crippen LogP contribution in [0.1, 0.15) is 11.1 Å². The number of pyridine rings is 1. The van der Waals surface area contributed by atoms with E-state index in [1.165, 1.54) is 12.3 Å². The zero-order valence-electron chi connectivity index (χ0n) is 9.20. The molecule has 0 bridgehead atoms. The number of nitrogens with zero attached hydrogens (tertiary/aromatic N) is 1.